The predicted octanol–water partition coefficient (Wildman–Crippen LogP) is 3.72. The third kappa shape index (κ3) is 3.41. The largest absolute Gasteiger partial charge is 0.299 e. The summed E-state index contributed by atoms with van der Waals surface area (Å²) in [5, 5.41) is 0. The summed E-state index contributed by atoms with van der Waals surface area (Å²) in [7, 11) is 0. The molecule has 98 valence electrons. The van der Waals surface area contributed by atoms with Crippen LogP contribution in [0, 0.1) is 18.8 Å². The summed E-state index contributed by atoms with van der Waals surface area (Å²) in [5.74, 6) is 1.41. The van der Waals surface area contributed by atoms with Gasteiger partial charge in [0.2, 0.25) is 0 Å². The molecule has 18 heavy (non-hydrogen) atoms. The molecule has 0 radical (unpaired) electrons. The van der Waals surface area contributed by atoms with Crippen LogP contribution in [0.15, 0.2) is 18.2 Å². The van der Waals surface area contributed by atoms with Gasteiger partial charge in [0.15, 0.2) is 0 Å². The normalized spacial score (nSPS) is 24.2. The SMILES string of the molecule is CCCC1CCC(=O)C(Cc2cccc(C)n2)C1. The zero-order chi connectivity index (χ0) is 13.0. The van der Waals surface area contributed by atoms with E-state index in [1.54, 1.807) is 0 Å². The highest BCUT2D eigenvalue weighted by atomic mass is 16.1. The topological polar surface area (TPSA) is 30.0 Å². The van der Waals surface area contributed by atoms with Crippen LogP contribution in [-0.2, 0) is 11.2 Å². The second kappa shape index (κ2) is 6.12. The van der Waals surface area contributed by atoms with E-state index in [1.807, 2.05) is 25.1 Å². The van der Waals surface area contributed by atoms with Crippen molar-refractivity contribution in [3.05, 3.63) is 29.6 Å². The van der Waals surface area contributed by atoms with Gasteiger partial charge in [-0.1, -0.05) is 25.8 Å². The fraction of sp³-hybridized carbons (Fsp3) is 0.625. The van der Waals surface area contributed by atoms with Crippen LogP contribution in [0.25, 0.3) is 0 Å². The van der Waals surface area contributed by atoms with Gasteiger partial charge in [-0.25, -0.2) is 0 Å². The molecule has 0 spiro atoms. The molecule has 1 aliphatic carbocycles. The van der Waals surface area contributed by atoms with E-state index in [1.165, 1.54) is 12.8 Å². The van der Waals surface area contributed by atoms with Crippen LogP contribution in [0.5, 0.6) is 0 Å². The Bertz CT molecular complexity index is 413. The van der Waals surface area contributed by atoms with Crippen molar-refractivity contribution in [1.82, 2.24) is 4.98 Å². The molecule has 2 heteroatoms. The average molecular weight is 245 g/mol. The minimum Gasteiger partial charge on any atom is -0.299 e. The lowest BCUT2D eigenvalue weighted by atomic mass is 9.77. The number of rotatable bonds is 4. The van der Waals surface area contributed by atoms with Crippen molar-refractivity contribution in [3.8, 4) is 0 Å². The number of nitrogens with zero attached hydrogens (tertiary/aromatic N) is 1. The lowest BCUT2D eigenvalue weighted by Gasteiger charge is -2.27. The first-order valence-electron chi connectivity index (χ1n) is 7.14. The minimum absolute atomic E-state index is 0.213. The van der Waals surface area contributed by atoms with Gasteiger partial charge in [0, 0.05) is 23.7 Å². The van der Waals surface area contributed by atoms with Crippen LogP contribution in [0.2, 0.25) is 0 Å². The summed E-state index contributed by atoms with van der Waals surface area (Å²) in [5.41, 5.74) is 2.12. The number of carbonyl (C=O) groups excluding carboxylic acids is 1. The molecular weight excluding hydrogens is 222 g/mol. The molecule has 2 atom stereocenters. The first-order valence-corrected chi connectivity index (χ1v) is 7.14. The van der Waals surface area contributed by atoms with Gasteiger partial charge in [-0.15, -0.1) is 0 Å². The second-order valence-electron chi connectivity index (χ2n) is 5.57. The van der Waals surface area contributed by atoms with Gasteiger partial charge in [-0.05, 0) is 44.2 Å². The quantitative estimate of drug-likeness (QED) is 0.809. The maximum absolute atomic E-state index is 12.0. The van der Waals surface area contributed by atoms with Gasteiger partial charge in [-0.2, -0.15) is 0 Å². The van der Waals surface area contributed by atoms with Crippen LogP contribution in [0.3, 0.4) is 0 Å². The smallest absolute Gasteiger partial charge is 0.136 e. The van der Waals surface area contributed by atoms with Gasteiger partial charge in [-0.3, -0.25) is 9.78 Å². The van der Waals surface area contributed by atoms with Crippen molar-refractivity contribution in [2.75, 3.05) is 0 Å². The highest BCUT2D eigenvalue weighted by molar-refractivity contribution is 5.81. The van der Waals surface area contributed by atoms with Crippen molar-refractivity contribution >= 4 is 5.78 Å². The van der Waals surface area contributed by atoms with Gasteiger partial charge in [0.05, 0.1) is 0 Å². The Morgan fingerprint density at radius 3 is 2.94 bits per heavy atom. The molecule has 1 saturated carbocycles. The van der Waals surface area contributed by atoms with Crippen LogP contribution < -0.4 is 0 Å². The molecule has 2 rings (SSSR count). The fourth-order valence-corrected chi connectivity index (χ4v) is 3.04. The number of Topliss-reactive ketones (excluding diaryl/α,β-unsaturated/α-hetero) is 1. The number of aryl methyl sites for hydroxylation is 1. The Labute approximate surface area is 110 Å². The van der Waals surface area contributed by atoms with E-state index in [9.17, 15) is 4.79 Å². The molecule has 2 unspecified atom stereocenters. The maximum Gasteiger partial charge on any atom is 0.136 e. The van der Waals surface area contributed by atoms with E-state index < -0.39 is 0 Å². The lowest BCUT2D eigenvalue weighted by molar-refractivity contribution is -0.125. The summed E-state index contributed by atoms with van der Waals surface area (Å²) in [6.07, 6.45) is 6.29. The number of hydrogen-bond acceptors (Lipinski definition) is 2. The van der Waals surface area contributed by atoms with Crippen molar-refractivity contribution < 1.29 is 4.79 Å². The Hall–Kier alpha value is -1.18. The fourth-order valence-electron chi connectivity index (χ4n) is 3.04. The molecule has 0 N–H and O–H groups in total. The van der Waals surface area contributed by atoms with E-state index in [2.05, 4.69) is 11.9 Å². The highest BCUT2D eigenvalue weighted by Gasteiger charge is 2.28. The Kier molecular flexibility index (Phi) is 4.51. The zero-order valence-electron chi connectivity index (χ0n) is 11.5. The minimum atomic E-state index is 0.213. The summed E-state index contributed by atoms with van der Waals surface area (Å²) < 4.78 is 0. The third-order valence-corrected chi connectivity index (χ3v) is 3.97. The monoisotopic (exact) mass is 245 g/mol. The Balaban J connectivity index is 2.00. The van der Waals surface area contributed by atoms with E-state index >= 15 is 0 Å². The molecule has 1 aromatic rings. The Morgan fingerprint density at radius 2 is 2.22 bits per heavy atom. The molecule has 1 aromatic heterocycles. The van der Waals surface area contributed by atoms with Crippen LogP contribution in [0.1, 0.15) is 50.4 Å². The summed E-state index contributed by atoms with van der Waals surface area (Å²) >= 11 is 0. The molecule has 0 bridgehead atoms. The third-order valence-electron chi connectivity index (χ3n) is 3.97. The van der Waals surface area contributed by atoms with Crippen molar-refractivity contribution in [2.24, 2.45) is 11.8 Å². The molecule has 0 amide bonds. The van der Waals surface area contributed by atoms with Gasteiger partial charge >= 0.3 is 0 Å². The Morgan fingerprint density at radius 1 is 1.39 bits per heavy atom. The summed E-state index contributed by atoms with van der Waals surface area (Å²) in [4.78, 5) is 16.5. The van der Waals surface area contributed by atoms with E-state index in [4.69, 9.17) is 0 Å². The van der Waals surface area contributed by atoms with Crippen molar-refractivity contribution in [3.63, 3.8) is 0 Å². The van der Waals surface area contributed by atoms with Crippen molar-refractivity contribution in [1.29, 1.82) is 0 Å². The molecule has 2 nitrogen and oxygen atoms in total. The lowest BCUT2D eigenvalue weighted by Crippen LogP contribution is -2.26. The predicted molar refractivity (Wildman–Crippen MR) is 73.4 cm³/mol. The standard InChI is InChI=1S/C16H23NO/c1-3-5-13-8-9-16(18)14(10-13)11-15-7-4-6-12(2)17-15/h4,6-7,13-14H,3,5,8-11H2,1-2H3. The molecule has 0 aromatic carbocycles. The van der Waals surface area contributed by atoms with Gasteiger partial charge in [0.25, 0.3) is 0 Å². The van der Waals surface area contributed by atoms with Gasteiger partial charge < -0.3 is 0 Å². The number of ketones is 1. The zero-order valence-corrected chi connectivity index (χ0v) is 11.5. The highest BCUT2D eigenvalue weighted by Crippen LogP contribution is 2.31. The molecule has 1 fully saturated rings. The first-order chi connectivity index (χ1) is 8.69. The average Bonchev–Trinajstić information content (AvgIpc) is 2.34. The summed E-state index contributed by atoms with van der Waals surface area (Å²) in [6, 6.07) is 6.09. The number of hydrogen-bond donors (Lipinski definition) is 0. The van der Waals surface area contributed by atoms with E-state index in [0.29, 0.717) is 5.78 Å². The van der Waals surface area contributed by atoms with Crippen molar-refractivity contribution in [2.45, 2.75) is 52.4 Å². The van der Waals surface area contributed by atoms with E-state index in [-0.39, 0.29) is 5.92 Å². The molecule has 1 aliphatic rings. The molecule has 1 heterocycles. The molecular formula is C16H23NO. The second-order valence-corrected chi connectivity index (χ2v) is 5.57. The molecule has 0 aliphatic heterocycles. The van der Waals surface area contributed by atoms with E-state index in [0.717, 1.165) is 43.0 Å². The van der Waals surface area contributed by atoms with Crippen LogP contribution >= 0.6 is 0 Å². The first kappa shape index (κ1) is 13.3. The van der Waals surface area contributed by atoms with Crippen LogP contribution in [-0.4, -0.2) is 10.8 Å². The number of carbonyl (C=O) groups is 1. The number of pyridine rings is 1. The summed E-state index contributed by atoms with van der Waals surface area (Å²) in [6.45, 7) is 4.24. The number of aromatic nitrogens is 1. The van der Waals surface area contributed by atoms with Gasteiger partial charge in [0.1, 0.15) is 5.78 Å². The molecule has 0 saturated heterocycles. The maximum atomic E-state index is 12.0. The van der Waals surface area contributed by atoms with Crippen LogP contribution in [0.4, 0.5) is 0 Å².